The Morgan fingerprint density at radius 2 is 1.71 bits per heavy atom. The van der Waals surface area contributed by atoms with Crippen LogP contribution in [0.4, 0.5) is 11.4 Å². The highest BCUT2D eigenvalue weighted by Gasteiger charge is 2.33. The Hall–Kier alpha value is -3.39. The summed E-state index contributed by atoms with van der Waals surface area (Å²) in [6.45, 7) is 0. The van der Waals surface area contributed by atoms with E-state index in [2.05, 4.69) is 4.99 Å². The van der Waals surface area contributed by atoms with Gasteiger partial charge in [-0.1, -0.05) is 23.9 Å². The van der Waals surface area contributed by atoms with E-state index in [0.717, 1.165) is 11.3 Å². The summed E-state index contributed by atoms with van der Waals surface area (Å²) in [4.78, 5) is 19.4. The number of methoxy groups -OCH3 is 3. The van der Waals surface area contributed by atoms with Gasteiger partial charge in [0.2, 0.25) is 0 Å². The molecule has 0 amide bonds. The van der Waals surface area contributed by atoms with E-state index in [4.69, 9.17) is 14.2 Å². The number of nitrogens with zero attached hydrogens (tertiary/aromatic N) is 2. The SMILES string of the molecule is COC(=O)C1=C(O)/C(=C\c2ccc(N(C)C)cc2)SC1=Nc1ccc(OC)c(OC)c1. The van der Waals surface area contributed by atoms with Gasteiger partial charge in [0, 0.05) is 25.8 Å². The van der Waals surface area contributed by atoms with Crippen molar-refractivity contribution in [2.75, 3.05) is 40.3 Å². The van der Waals surface area contributed by atoms with Crippen LogP contribution in [-0.4, -0.2) is 51.5 Å². The van der Waals surface area contributed by atoms with E-state index in [0.29, 0.717) is 27.1 Å². The summed E-state index contributed by atoms with van der Waals surface area (Å²) in [6.07, 6.45) is 1.81. The molecule has 2 aromatic carbocycles. The van der Waals surface area contributed by atoms with Crippen LogP contribution in [0.1, 0.15) is 5.56 Å². The molecule has 31 heavy (non-hydrogen) atoms. The number of carbonyl (C=O) groups excluding carboxylic acids is 1. The van der Waals surface area contributed by atoms with E-state index in [1.807, 2.05) is 43.3 Å². The number of aliphatic hydroxyl groups is 1. The monoisotopic (exact) mass is 440 g/mol. The van der Waals surface area contributed by atoms with Gasteiger partial charge in [0.25, 0.3) is 0 Å². The summed E-state index contributed by atoms with van der Waals surface area (Å²) in [5.74, 6) is 0.263. The van der Waals surface area contributed by atoms with E-state index in [1.54, 1.807) is 31.4 Å². The molecule has 0 saturated heterocycles. The van der Waals surface area contributed by atoms with E-state index in [-0.39, 0.29) is 11.3 Å². The molecule has 0 bridgehead atoms. The number of rotatable bonds is 6. The van der Waals surface area contributed by atoms with Crippen LogP contribution in [0, 0.1) is 0 Å². The van der Waals surface area contributed by atoms with Gasteiger partial charge in [-0.3, -0.25) is 0 Å². The highest BCUT2D eigenvalue weighted by atomic mass is 32.2. The van der Waals surface area contributed by atoms with Gasteiger partial charge in [-0.05, 0) is 35.9 Å². The molecule has 8 heteroatoms. The number of aliphatic hydroxyl groups excluding tert-OH is 1. The van der Waals surface area contributed by atoms with Crippen LogP contribution < -0.4 is 14.4 Å². The second-order valence-electron chi connectivity index (χ2n) is 6.77. The lowest BCUT2D eigenvalue weighted by molar-refractivity contribution is -0.135. The standard InChI is InChI=1S/C23H24N2O5S/c1-25(2)16-9-6-14(7-10-16)12-19-21(26)20(23(27)30-5)22(31-19)24-15-8-11-17(28-3)18(13-15)29-4/h6-13,26H,1-5H3/b19-12+,24-22?. The van der Waals surface area contributed by atoms with Crippen molar-refractivity contribution >= 4 is 40.2 Å². The minimum atomic E-state index is -0.657. The minimum Gasteiger partial charge on any atom is -0.506 e. The molecule has 0 aromatic heterocycles. The van der Waals surface area contributed by atoms with E-state index in [9.17, 15) is 9.90 Å². The van der Waals surface area contributed by atoms with Crippen molar-refractivity contribution in [3.63, 3.8) is 0 Å². The van der Waals surface area contributed by atoms with Crippen LogP contribution in [0.15, 0.2) is 63.7 Å². The van der Waals surface area contributed by atoms with Crippen LogP contribution in [0.3, 0.4) is 0 Å². The third-order valence-corrected chi connectivity index (χ3v) is 5.61. The van der Waals surface area contributed by atoms with Crippen molar-refractivity contribution in [2.45, 2.75) is 0 Å². The molecule has 7 nitrogen and oxygen atoms in total. The lowest BCUT2D eigenvalue weighted by Gasteiger charge is -2.11. The minimum absolute atomic E-state index is 0.0263. The summed E-state index contributed by atoms with van der Waals surface area (Å²) >= 11 is 1.20. The molecule has 1 aliphatic rings. The molecule has 0 fully saturated rings. The first-order valence-corrected chi connectivity index (χ1v) is 10.2. The fraction of sp³-hybridized carbons (Fsp3) is 0.217. The number of hydrogen-bond donors (Lipinski definition) is 1. The Kier molecular flexibility index (Phi) is 6.91. The first kappa shape index (κ1) is 22.3. The van der Waals surface area contributed by atoms with Crippen LogP contribution >= 0.6 is 11.8 Å². The maximum atomic E-state index is 12.4. The number of thioether (sulfide) groups is 1. The molecule has 1 aliphatic heterocycles. The van der Waals surface area contributed by atoms with E-state index in [1.165, 1.54) is 26.0 Å². The first-order valence-electron chi connectivity index (χ1n) is 9.38. The zero-order valence-corrected chi connectivity index (χ0v) is 18.8. The Labute approximate surface area is 185 Å². The summed E-state index contributed by atoms with van der Waals surface area (Å²) < 4.78 is 15.4. The molecule has 162 valence electrons. The fourth-order valence-electron chi connectivity index (χ4n) is 2.92. The highest BCUT2D eigenvalue weighted by molar-refractivity contribution is 8.18. The quantitative estimate of drug-likeness (QED) is 0.659. The number of benzene rings is 2. The van der Waals surface area contributed by atoms with Gasteiger partial charge in [-0.25, -0.2) is 9.79 Å². The third-order valence-electron chi connectivity index (χ3n) is 4.59. The summed E-state index contributed by atoms with van der Waals surface area (Å²) in [6, 6.07) is 13.0. The molecule has 0 saturated carbocycles. The van der Waals surface area contributed by atoms with Crippen molar-refractivity contribution in [2.24, 2.45) is 4.99 Å². The summed E-state index contributed by atoms with van der Waals surface area (Å²) in [5, 5.41) is 11.1. The molecule has 0 spiro atoms. The van der Waals surface area contributed by atoms with Crippen molar-refractivity contribution in [1.82, 2.24) is 0 Å². The van der Waals surface area contributed by atoms with Gasteiger partial charge < -0.3 is 24.2 Å². The van der Waals surface area contributed by atoms with Crippen molar-refractivity contribution in [3.8, 4) is 11.5 Å². The number of ether oxygens (including phenoxy) is 3. The molecule has 0 aliphatic carbocycles. The molecular formula is C23H24N2O5S. The Bertz CT molecular complexity index is 1070. The zero-order chi connectivity index (χ0) is 22.5. The molecule has 3 rings (SSSR count). The average Bonchev–Trinajstić information content (AvgIpc) is 3.07. The number of esters is 1. The van der Waals surface area contributed by atoms with Crippen LogP contribution in [0.5, 0.6) is 11.5 Å². The number of hydrogen-bond acceptors (Lipinski definition) is 8. The maximum Gasteiger partial charge on any atom is 0.344 e. The van der Waals surface area contributed by atoms with Crippen molar-refractivity contribution in [1.29, 1.82) is 0 Å². The summed E-state index contributed by atoms with van der Waals surface area (Å²) in [5.41, 5.74) is 2.52. The van der Waals surface area contributed by atoms with Gasteiger partial charge in [0.05, 0.1) is 31.9 Å². The first-order chi connectivity index (χ1) is 14.9. The second kappa shape index (κ2) is 9.61. The maximum absolute atomic E-state index is 12.4. The van der Waals surface area contributed by atoms with Gasteiger partial charge >= 0.3 is 5.97 Å². The van der Waals surface area contributed by atoms with E-state index < -0.39 is 5.97 Å². The van der Waals surface area contributed by atoms with Gasteiger partial charge in [0.1, 0.15) is 16.4 Å². The number of aliphatic imine (C=N–C) groups is 1. The molecule has 1 N–H and O–H groups in total. The van der Waals surface area contributed by atoms with Crippen molar-refractivity contribution in [3.05, 3.63) is 64.3 Å². The molecule has 0 unspecified atom stereocenters. The zero-order valence-electron chi connectivity index (χ0n) is 18.0. The molecule has 1 heterocycles. The lowest BCUT2D eigenvalue weighted by atomic mass is 10.1. The van der Waals surface area contributed by atoms with Crippen LogP contribution in [0.25, 0.3) is 6.08 Å². The Morgan fingerprint density at radius 3 is 2.29 bits per heavy atom. The van der Waals surface area contributed by atoms with Crippen LogP contribution in [0.2, 0.25) is 0 Å². The van der Waals surface area contributed by atoms with Gasteiger partial charge in [-0.2, -0.15) is 0 Å². The predicted molar refractivity (Wildman–Crippen MR) is 125 cm³/mol. The third kappa shape index (κ3) is 4.86. The topological polar surface area (TPSA) is 80.6 Å². The predicted octanol–water partition coefficient (Wildman–Crippen LogP) is 4.57. The largest absolute Gasteiger partial charge is 0.506 e. The molecule has 0 atom stereocenters. The highest BCUT2D eigenvalue weighted by Crippen LogP contribution is 2.41. The Balaban J connectivity index is 2.00. The summed E-state index contributed by atoms with van der Waals surface area (Å²) in [7, 11) is 8.29. The molecule has 0 radical (unpaired) electrons. The molecular weight excluding hydrogens is 416 g/mol. The van der Waals surface area contributed by atoms with Gasteiger partial charge in [0.15, 0.2) is 11.5 Å². The van der Waals surface area contributed by atoms with Crippen LogP contribution in [-0.2, 0) is 9.53 Å². The van der Waals surface area contributed by atoms with E-state index >= 15 is 0 Å². The number of anilines is 1. The Morgan fingerprint density at radius 1 is 1.03 bits per heavy atom. The van der Waals surface area contributed by atoms with Gasteiger partial charge in [-0.15, -0.1) is 0 Å². The second-order valence-corrected chi connectivity index (χ2v) is 7.80. The van der Waals surface area contributed by atoms with Crippen molar-refractivity contribution < 1.29 is 24.1 Å². The molecule has 2 aromatic rings. The number of carbonyl (C=O) groups is 1. The normalized spacial score (nSPS) is 16.0. The average molecular weight is 441 g/mol. The fourth-order valence-corrected chi connectivity index (χ4v) is 3.96. The lowest BCUT2D eigenvalue weighted by Crippen LogP contribution is -2.10. The smallest absolute Gasteiger partial charge is 0.344 e.